The number of guanidine groups is 1. The molecule has 96 valence electrons. The van der Waals surface area contributed by atoms with Crippen molar-refractivity contribution in [1.82, 2.24) is 10.2 Å². The fourth-order valence-corrected chi connectivity index (χ4v) is 3.02. The third-order valence-electron chi connectivity index (χ3n) is 3.13. The number of carbonyl (C=O) groups excluding carboxylic acids is 1. The minimum absolute atomic E-state index is 0.143. The molecule has 2 aliphatic heterocycles. The summed E-state index contributed by atoms with van der Waals surface area (Å²) in [6.07, 6.45) is 2.63. The van der Waals surface area contributed by atoms with Crippen molar-refractivity contribution < 1.29 is 4.79 Å². The Labute approximate surface area is 106 Å². The Bertz CT molecular complexity index is 302. The van der Waals surface area contributed by atoms with Gasteiger partial charge in [-0.25, -0.2) is 0 Å². The smallest absolute Gasteiger partial charge is 0.220 e. The fourth-order valence-electron chi connectivity index (χ4n) is 2.11. The predicted molar refractivity (Wildman–Crippen MR) is 71.2 cm³/mol. The number of thioether (sulfide) groups is 1. The van der Waals surface area contributed by atoms with E-state index < -0.39 is 0 Å². The van der Waals surface area contributed by atoms with Crippen LogP contribution in [0.15, 0.2) is 4.99 Å². The van der Waals surface area contributed by atoms with Crippen LogP contribution in [0.3, 0.4) is 0 Å². The number of rotatable bonds is 2. The Kier molecular flexibility index (Phi) is 4.53. The molecule has 1 amide bonds. The highest BCUT2D eigenvalue weighted by Crippen LogP contribution is 2.10. The van der Waals surface area contributed by atoms with Crippen molar-refractivity contribution in [3.05, 3.63) is 0 Å². The van der Waals surface area contributed by atoms with Crippen LogP contribution in [-0.4, -0.2) is 53.9 Å². The Morgan fingerprint density at radius 2 is 2.29 bits per heavy atom. The lowest BCUT2D eigenvalue weighted by Gasteiger charge is -2.28. The molecule has 2 heterocycles. The summed E-state index contributed by atoms with van der Waals surface area (Å²) in [4.78, 5) is 17.7. The Hall–Kier alpha value is -0.910. The standard InChI is InChI=1S/C11H20N4OS/c12-11(15-4-6-17-7-5-15)13-8-9-2-1-3-10(16)14-9/h9H,1-8H2,(H2,12,13)(H,14,16). The van der Waals surface area contributed by atoms with E-state index >= 15 is 0 Å². The quantitative estimate of drug-likeness (QED) is 0.540. The maximum atomic E-state index is 11.2. The van der Waals surface area contributed by atoms with Gasteiger partial charge in [0.25, 0.3) is 0 Å². The first-order valence-electron chi connectivity index (χ1n) is 6.17. The van der Waals surface area contributed by atoms with Gasteiger partial charge in [-0.3, -0.25) is 9.79 Å². The molecule has 2 aliphatic rings. The monoisotopic (exact) mass is 256 g/mol. The van der Waals surface area contributed by atoms with E-state index in [4.69, 9.17) is 5.73 Å². The van der Waals surface area contributed by atoms with E-state index in [-0.39, 0.29) is 11.9 Å². The molecular formula is C11H20N4OS. The topological polar surface area (TPSA) is 70.7 Å². The van der Waals surface area contributed by atoms with Gasteiger partial charge < -0.3 is 16.0 Å². The van der Waals surface area contributed by atoms with Gasteiger partial charge in [-0.15, -0.1) is 0 Å². The zero-order valence-electron chi connectivity index (χ0n) is 10.0. The second-order valence-corrected chi connectivity index (χ2v) is 5.68. The van der Waals surface area contributed by atoms with Crippen LogP contribution in [0.2, 0.25) is 0 Å². The molecule has 0 radical (unpaired) electrons. The molecule has 0 aliphatic carbocycles. The fraction of sp³-hybridized carbons (Fsp3) is 0.818. The van der Waals surface area contributed by atoms with Gasteiger partial charge >= 0.3 is 0 Å². The van der Waals surface area contributed by atoms with Crippen LogP contribution in [-0.2, 0) is 4.79 Å². The zero-order chi connectivity index (χ0) is 12.1. The number of nitrogens with one attached hydrogen (secondary N) is 1. The number of hydrogen-bond donors (Lipinski definition) is 2. The van der Waals surface area contributed by atoms with Crippen molar-refractivity contribution in [2.45, 2.75) is 25.3 Å². The van der Waals surface area contributed by atoms with Crippen LogP contribution in [0.5, 0.6) is 0 Å². The van der Waals surface area contributed by atoms with Gasteiger partial charge in [-0.1, -0.05) is 0 Å². The van der Waals surface area contributed by atoms with Crippen molar-refractivity contribution in [2.24, 2.45) is 10.7 Å². The number of hydrogen-bond acceptors (Lipinski definition) is 3. The Morgan fingerprint density at radius 3 is 3.00 bits per heavy atom. The Balaban J connectivity index is 1.79. The number of carbonyl (C=O) groups is 1. The summed E-state index contributed by atoms with van der Waals surface area (Å²) in [5.74, 6) is 3.02. The summed E-state index contributed by atoms with van der Waals surface area (Å²) >= 11 is 1.95. The highest BCUT2D eigenvalue weighted by molar-refractivity contribution is 7.99. The third-order valence-corrected chi connectivity index (χ3v) is 4.07. The lowest BCUT2D eigenvalue weighted by Crippen LogP contribution is -2.44. The van der Waals surface area contributed by atoms with E-state index in [0.29, 0.717) is 18.9 Å². The van der Waals surface area contributed by atoms with E-state index in [0.717, 1.165) is 37.4 Å². The van der Waals surface area contributed by atoms with E-state index in [2.05, 4.69) is 15.2 Å². The molecule has 2 fully saturated rings. The molecule has 5 nitrogen and oxygen atoms in total. The van der Waals surface area contributed by atoms with E-state index in [1.807, 2.05) is 11.8 Å². The molecule has 0 aromatic rings. The molecule has 0 bridgehead atoms. The molecule has 17 heavy (non-hydrogen) atoms. The molecule has 0 saturated carbocycles. The van der Waals surface area contributed by atoms with Crippen molar-refractivity contribution >= 4 is 23.6 Å². The van der Waals surface area contributed by atoms with Crippen LogP contribution in [0.1, 0.15) is 19.3 Å². The summed E-state index contributed by atoms with van der Waals surface area (Å²) in [5, 5.41) is 2.95. The van der Waals surface area contributed by atoms with Gasteiger partial charge in [0.15, 0.2) is 5.96 Å². The van der Waals surface area contributed by atoms with Gasteiger partial charge in [-0.2, -0.15) is 11.8 Å². The first-order chi connectivity index (χ1) is 8.25. The van der Waals surface area contributed by atoms with E-state index in [1.165, 1.54) is 0 Å². The summed E-state index contributed by atoms with van der Waals surface area (Å²) in [7, 11) is 0. The average molecular weight is 256 g/mol. The van der Waals surface area contributed by atoms with Gasteiger partial charge in [0.05, 0.1) is 6.54 Å². The molecule has 1 atom stereocenters. The molecule has 2 saturated heterocycles. The van der Waals surface area contributed by atoms with Crippen molar-refractivity contribution in [1.29, 1.82) is 0 Å². The molecule has 0 aromatic carbocycles. The van der Waals surface area contributed by atoms with Crippen molar-refractivity contribution in [2.75, 3.05) is 31.1 Å². The SMILES string of the molecule is NC(=NCC1CCCC(=O)N1)N1CCSCC1. The molecule has 0 aromatic heterocycles. The van der Waals surface area contributed by atoms with Gasteiger partial charge in [0.1, 0.15) is 0 Å². The van der Waals surface area contributed by atoms with Crippen molar-refractivity contribution in [3.63, 3.8) is 0 Å². The highest BCUT2D eigenvalue weighted by atomic mass is 32.2. The average Bonchev–Trinajstić information content (AvgIpc) is 2.37. The summed E-state index contributed by atoms with van der Waals surface area (Å²) in [6.45, 7) is 2.58. The lowest BCUT2D eigenvalue weighted by molar-refractivity contribution is -0.123. The first kappa shape index (κ1) is 12.5. The Morgan fingerprint density at radius 1 is 1.53 bits per heavy atom. The zero-order valence-corrected chi connectivity index (χ0v) is 10.8. The first-order valence-corrected chi connectivity index (χ1v) is 7.33. The molecule has 3 N–H and O–H groups in total. The number of aliphatic imine (C=N–C) groups is 1. The molecular weight excluding hydrogens is 236 g/mol. The maximum absolute atomic E-state index is 11.2. The predicted octanol–water partition coefficient (Wildman–Crippen LogP) is 0.0186. The number of piperidine rings is 1. The molecule has 0 spiro atoms. The van der Waals surface area contributed by atoms with Crippen molar-refractivity contribution in [3.8, 4) is 0 Å². The second-order valence-electron chi connectivity index (χ2n) is 4.45. The third kappa shape index (κ3) is 3.80. The highest BCUT2D eigenvalue weighted by Gasteiger charge is 2.18. The minimum Gasteiger partial charge on any atom is -0.370 e. The van der Waals surface area contributed by atoms with E-state index in [9.17, 15) is 4.79 Å². The van der Waals surface area contributed by atoms with Gasteiger partial charge in [-0.05, 0) is 12.8 Å². The normalized spacial score (nSPS) is 26.8. The van der Waals surface area contributed by atoms with Crippen LogP contribution in [0.4, 0.5) is 0 Å². The van der Waals surface area contributed by atoms with Crippen LogP contribution in [0.25, 0.3) is 0 Å². The van der Waals surface area contributed by atoms with Crippen LogP contribution in [0, 0.1) is 0 Å². The number of nitrogens with two attached hydrogens (primary N) is 1. The number of amides is 1. The van der Waals surface area contributed by atoms with Gasteiger partial charge in [0, 0.05) is 37.1 Å². The van der Waals surface area contributed by atoms with Gasteiger partial charge in [0.2, 0.25) is 5.91 Å². The summed E-state index contributed by atoms with van der Waals surface area (Å²) in [5.41, 5.74) is 5.95. The van der Waals surface area contributed by atoms with Crippen LogP contribution >= 0.6 is 11.8 Å². The minimum atomic E-state index is 0.143. The summed E-state index contributed by atoms with van der Waals surface area (Å²) < 4.78 is 0. The second kappa shape index (κ2) is 6.14. The lowest BCUT2D eigenvalue weighted by atomic mass is 10.0. The molecule has 6 heteroatoms. The molecule has 1 unspecified atom stereocenters. The maximum Gasteiger partial charge on any atom is 0.220 e. The largest absolute Gasteiger partial charge is 0.370 e. The summed E-state index contributed by atoms with van der Waals surface area (Å²) in [6, 6.07) is 0.175. The number of nitrogens with zero attached hydrogens (tertiary/aromatic N) is 2. The molecule has 2 rings (SSSR count). The van der Waals surface area contributed by atoms with Crippen LogP contribution < -0.4 is 11.1 Å². The van der Waals surface area contributed by atoms with E-state index in [1.54, 1.807) is 0 Å².